The average Bonchev–Trinajstić information content (AvgIpc) is 3.78. The maximum atomic E-state index is 13.6. The molecule has 8 rings (SSSR count). The van der Waals surface area contributed by atoms with E-state index in [0.717, 1.165) is 70.6 Å². The van der Waals surface area contributed by atoms with E-state index in [9.17, 15) is 33.3 Å². The number of amides is 1. The Bertz CT molecular complexity index is 1770. The van der Waals surface area contributed by atoms with E-state index >= 15 is 0 Å². The average molecular weight is 914 g/mol. The lowest BCUT2D eigenvalue weighted by molar-refractivity contribution is -0.174. The van der Waals surface area contributed by atoms with Crippen LogP contribution < -0.4 is 5.32 Å². The molecule has 4 unspecified atom stereocenters. The van der Waals surface area contributed by atoms with Crippen molar-refractivity contribution >= 4 is 21.8 Å². The van der Waals surface area contributed by atoms with E-state index in [4.69, 9.17) is 4.55 Å². The summed E-state index contributed by atoms with van der Waals surface area (Å²) in [7, 11) is -4.10. The van der Waals surface area contributed by atoms with E-state index in [-0.39, 0.29) is 52.4 Å². The minimum atomic E-state index is -4.10. The summed E-state index contributed by atoms with van der Waals surface area (Å²) >= 11 is 0. The first-order valence-corrected chi connectivity index (χ1v) is 28.6. The second-order valence-electron chi connectivity index (χ2n) is 25.6. The summed E-state index contributed by atoms with van der Waals surface area (Å²) in [6.45, 7) is 14.9. The van der Waals surface area contributed by atoms with Crippen molar-refractivity contribution in [1.29, 1.82) is 0 Å². The van der Waals surface area contributed by atoms with Gasteiger partial charge >= 0.3 is 0 Å². The summed E-state index contributed by atoms with van der Waals surface area (Å²) in [6.07, 6.45) is 23.9. The highest BCUT2D eigenvalue weighted by atomic mass is 32.2. The number of aliphatic hydroxyl groups excluding tert-OH is 3. The molecule has 8 saturated carbocycles. The fraction of sp³-hybridized carbons (Fsp3) is 0.963. The lowest BCUT2D eigenvalue weighted by Gasteiger charge is -2.63. The molecule has 64 heavy (non-hydrogen) atoms. The second kappa shape index (κ2) is 19.0. The van der Waals surface area contributed by atoms with Crippen molar-refractivity contribution in [2.75, 3.05) is 12.3 Å². The van der Waals surface area contributed by atoms with Crippen molar-refractivity contribution in [3.8, 4) is 0 Å². The molecule has 0 aromatic heterocycles. The first-order valence-electron chi connectivity index (χ1n) is 27.0. The number of hydrogen-bond acceptors (Lipinski definition) is 7. The van der Waals surface area contributed by atoms with Gasteiger partial charge in [-0.05, 0) is 221 Å². The first-order chi connectivity index (χ1) is 30.2. The Balaban J connectivity index is 0.841. The van der Waals surface area contributed by atoms with Crippen molar-refractivity contribution in [3.05, 3.63) is 0 Å². The highest BCUT2D eigenvalue weighted by Gasteiger charge is 2.64. The van der Waals surface area contributed by atoms with Gasteiger partial charge in [0.15, 0.2) is 0 Å². The summed E-state index contributed by atoms with van der Waals surface area (Å²) in [5.41, 5.74) is 1.00. The Hall–Kier alpha value is -1.07. The van der Waals surface area contributed by atoms with Crippen LogP contribution in [-0.2, 0) is 19.7 Å². The van der Waals surface area contributed by atoms with Gasteiger partial charge in [0.2, 0.25) is 5.91 Å². The Labute approximate surface area is 388 Å². The molecule has 0 spiro atoms. The third-order valence-electron chi connectivity index (χ3n) is 22.7. The van der Waals surface area contributed by atoms with Gasteiger partial charge in [-0.25, -0.2) is 0 Å². The van der Waals surface area contributed by atoms with Crippen LogP contribution in [0.4, 0.5) is 0 Å². The number of carbonyl (C=O) groups is 2. The highest BCUT2D eigenvalue weighted by Crippen LogP contribution is 2.71. The molecule has 8 fully saturated rings. The monoisotopic (exact) mass is 914 g/mol. The molecule has 8 aliphatic carbocycles. The van der Waals surface area contributed by atoms with Crippen molar-refractivity contribution in [2.24, 2.45) is 98.6 Å². The zero-order valence-corrected chi connectivity index (χ0v) is 41.8. The third-order valence-corrected chi connectivity index (χ3v) is 23.4. The summed E-state index contributed by atoms with van der Waals surface area (Å²) in [6, 6.07) is 0. The summed E-state index contributed by atoms with van der Waals surface area (Å²) in [5, 5.41) is 35.8. The van der Waals surface area contributed by atoms with Gasteiger partial charge in [0, 0.05) is 25.8 Å². The van der Waals surface area contributed by atoms with Crippen LogP contribution in [0, 0.1) is 98.6 Å². The molecule has 5 N–H and O–H groups in total. The van der Waals surface area contributed by atoms with E-state index < -0.39 is 15.9 Å². The zero-order chi connectivity index (χ0) is 46.0. The highest BCUT2D eigenvalue weighted by molar-refractivity contribution is 7.85. The lowest BCUT2D eigenvalue weighted by atomic mass is 9.42. The van der Waals surface area contributed by atoms with Crippen LogP contribution in [0.1, 0.15) is 196 Å². The van der Waals surface area contributed by atoms with E-state index in [2.05, 4.69) is 46.9 Å². The number of nitrogens with one attached hydrogen (secondary N) is 1. The third kappa shape index (κ3) is 9.36. The standard InChI is InChI=1S/C54H91NO8S/c1-33(41-15-17-44-50-46(22-26-54(41,44)6)52(4)24-20-40(58)31-37(52)32-47(50)59)11-13-38(56)10-8-7-9-35-29-36-30-39(57)19-23-51(36,3)45-21-25-53(5)42(14-16-43(53)49(35)45)34(2)12-18-48(60)55-27-28-64(61,62)63/h33-37,39-47,49-50,57-59H,7-32H2,1-6H3,(H,55,60)(H,61,62,63)/t33-,34-,35+,36?,37?,39-,40-,41-,42-,43?,44?,45+,46+,47+,49+,50+,51+,52+,53-,54-/m1/s1. The Morgan fingerprint density at radius 3 is 1.69 bits per heavy atom. The first kappa shape index (κ1) is 49.4. The molecule has 9 nitrogen and oxygen atoms in total. The van der Waals surface area contributed by atoms with Crippen LogP contribution in [0.5, 0.6) is 0 Å². The molecule has 8 aliphatic rings. The summed E-state index contributed by atoms with van der Waals surface area (Å²) in [5.74, 6) is 7.08. The SMILES string of the molecule is C[C@H](CCC(=O)NCCS(=O)(=O)O)[C@H]1CCC2[C@@H]3[C@@H](CCCCC(=O)CC[C@@H](C)[C@H]4CCC5[C@@H]6[C@@H](O)CC7C[C@H](O)CC[C@]7(C)[C@H]6CC[C@@]54C)CC4C[C@H](O)CC[C@]4(C)[C@H]3CC[C@@]21C. The largest absolute Gasteiger partial charge is 0.393 e. The fourth-order valence-corrected chi connectivity index (χ4v) is 19.6. The van der Waals surface area contributed by atoms with Gasteiger partial charge in [-0.1, -0.05) is 54.4 Å². The lowest BCUT2D eigenvalue weighted by Crippen LogP contribution is -2.58. The van der Waals surface area contributed by atoms with Crippen LogP contribution >= 0.6 is 0 Å². The maximum Gasteiger partial charge on any atom is 0.266 e. The maximum absolute atomic E-state index is 13.6. The zero-order valence-electron chi connectivity index (χ0n) is 41.0. The van der Waals surface area contributed by atoms with Crippen LogP contribution in [0.2, 0.25) is 0 Å². The molecular weight excluding hydrogens is 823 g/mol. The Morgan fingerprint density at radius 2 is 1.11 bits per heavy atom. The van der Waals surface area contributed by atoms with Gasteiger partial charge in [-0.3, -0.25) is 14.1 Å². The predicted molar refractivity (Wildman–Crippen MR) is 252 cm³/mol. The molecule has 0 heterocycles. The van der Waals surface area contributed by atoms with Gasteiger partial charge in [0.05, 0.1) is 24.1 Å². The molecule has 0 aliphatic heterocycles. The smallest absolute Gasteiger partial charge is 0.266 e. The van der Waals surface area contributed by atoms with E-state index in [1.54, 1.807) is 0 Å². The number of aliphatic hydroxyl groups is 3. The molecule has 1 amide bonds. The molecule has 0 radical (unpaired) electrons. The Kier molecular flexibility index (Phi) is 14.7. The van der Waals surface area contributed by atoms with Gasteiger partial charge in [0.1, 0.15) is 5.78 Å². The molecule has 10 heteroatoms. The molecular formula is C54H91NO8S. The minimum Gasteiger partial charge on any atom is -0.393 e. The van der Waals surface area contributed by atoms with Crippen LogP contribution in [0.15, 0.2) is 0 Å². The van der Waals surface area contributed by atoms with Crippen LogP contribution in [-0.4, -0.2) is 70.6 Å². The van der Waals surface area contributed by atoms with E-state index in [1.165, 1.54) is 64.2 Å². The van der Waals surface area contributed by atoms with Crippen LogP contribution in [0.3, 0.4) is 0 Å². The normalized spacial score (nSPS) is 47.2. The van der Waals surface area contributed by atoms with Gasteiger partial charge in [-0.2, -0.15) is 8.42 Å². The van der Waals surface area contributed by atoms with E-state index in [1.807, 2.05) is 0 Å². The van der Waals surface area contributed by atoms with Gasteiger partial charge in [0.25, 0.3) is 10.1 Å². The molecule has 0 bridgehead atoms. The second-order valence-corrected chi connectivity index (χ2v) is 27.1. The number of rotatable bonds is 16. The summed E-state index contributed by atoms with van der Waals surface area (Å²) in [4.78, 5) is 26.3. The van der Waals surface area contributed by atoms with Gasteiger partial charge in [-0.15, -0.1) is 0 Å². The number of fused-ring (bicyclic) bond motifs is 10. The molecule has 0 aromatic carbocycles. The molecule has 0 aromatic rings. The molecule has 366 valence electrons. The Morgan fingerprint density at radius 1 is 0.609 bits per heavy atom. The number of Topliss-reactive ketones (excluding diaryl/α,β-unsaturated/α-hetero) is 1. The van der Waals surface area contributed by atoms with Crippen molar-refractivity contribution in [3.63, 3.8) is 0 Å². The van der Waals surface area contributed by atoms with Crippen molar-refractivity contribution in [2.45, 2.75) is 214 Å². The number of carbonyl (C=O) groups excluding carboxylic acids is 2. The van der Waals surface area contributed by atoms with E-state index in [0.29, 0.717) is 102 Å². The van der Waals surface area contributed by atoms with Crippen LogP contribution in [0.25, 0.3) is 0 Å². The molecule has 0 saturated heterocycles. The number of unbranched alkanes of at least 4 members (excludes halogenated alkanes) is 1. The number of hydrogen-bond donors (Lipinski definition) is 5. The summed E-state index contributed by atoms with van der Waals surface area (Å²) < 4.78 is 31.3. The van der Waals surface area contributed by atoms with Gasteiger partial charge < -0.3 is 20.6 Å². The topological polar surface area (TPSA) is 161 Å². The molecule has 20 atom stereocenters. The minimum absolute atomic E-state index is 0.0630. The quantitative estimate of drug-likeness (QED) is 0.0756. The van der Waals surface area contributed by atoms with Crippen molar-refractivity contribution in [1.82, 2.24) is 5.32 Å². The fourth-order valence-electron chi connectivity index (χ4n) is 19.3. The predicted octanol–water partition coefficient (Wildman–Crippen LogP) is 10.2. The number of ketones is 1. The van der Waals surface area contributed by atoms with Crippen molar-refractivity contribution < 1.29 is 37.9 Å².